The lowest BCUT2D eigenvalue weighted by Gasteiger charge is -2.22. The maximum Gasteiger partial charge on any atom is 0.224 e. The molecule has 0 radical (unpaired) electrons. The van der Waals surface area contributed by atoms with Crippen LogP contribution in [-0.2, 0) is 9.53 Å². The van der Waals surface area contributed by atoms with Crippen LogP contribution in [0.1, 0.15) is 26.7 Å². The lowest BCUT2D eigenvalue weighted by Crippen LogP contribution is -2.43. The first-order valence-corrected chi connectivity index (χ1v) is 5.77. The predicted molar refractivity (Wildman–Crippen MR) is 59.4 cm³/mol. The van der Waals surface area contributed by atoms with Gasteiger partial charge in [0.25, 0.3) is 0 Å². The van der Waals surface area contributed by atoms with E-state index in [9.17, 15) is 4.79 Å². The van der Waals surface area contributed by atoms with Crippen molar-refractivity contribution in [3.8, 4) is 0 Å². The third-order valence-electron chi connectivity index (χ3n) is 3.19. The topological polar surface area (TPSA) is 64.4 Å². The van der Waals surface area contributed by atoms with Crippen LogP contribution in [0.25, 0.3) is 0 Å². The van der Waals surface area contributed by atoms with Crippen molar-refractivity contribution >= 4 is 5.91 Å². The summed E-state index contributed by atoms with van der Waals surface area (Å²) >= 11 is 0. The van der Waals surface area contributed by atoms with Crippen LogP contribution in [0.5, 0.6) is 0 Å². The molecule has 1 fully saturated rings. The van der Waals surface area contributed by atoms with E-state index in [1.165, 1.54) is 0 Å². The zero-order chi connectivity index (χ0) is 11.3. The second-order valence-corrected chi connectivity index (χ2v) is 4.26. The van der Waals surface area contributed by atoms with Crippen molar-refractivity contribution in [1.82, 2.24) is 5.32 Å². The number of carbonyl (C=O) groups excluding carboxylic acids is 1. The summed E-state index contributed by atoms with van der Waals surface area (Å²) in [6.45, 7) is 6.04. The van der Waals surface area contributed by atoms with Crippen LogP contribution >= 0.6 is 0 Å². The molecule has 0 spiro atoms. The fraction of sp³-hybridized carbons (Fsp3) is 0.909. The molecule has 0 bridgehead atoms. The monoisotopic (exact) mass is 214 g/mol. The first-order chi connectivity index (χ1) is 7.19. The first-order valence-electron chi connectivity index (χ1n) is 5.77. The molecule has 15 heavy (non-hydrogen) atoms. The number of hydrogen-bond donors (Lipinski definition) is 2. The van der Waals surface area contributed by atoms with E-state index in [1.807, 2.05) is 13.8 Å². The van der Waals surface area contributed by atoms with Gasteiger partial charge in [0, 0.05) is 31.0 Å². The van der Waals surface area contributed by atoms with Gasteiger partial charge in [-0.3, -0.25) is 4.79 Å². The summed E-state index contributed by atoms with van der Waals surface area (Å²) in [5.41, 5.74) is 5.53. The van der Waals surface area contributed by atoms with E-state index in [4.69, 9.17) is 10.5 Å². The number of carbonyl (C=O) groups is 1. The van der Waals surface area contributed by atoms with Crippen LogP contribution in [0.15, 0.2) is 0 Å². The molecule has 1 aliphatic rings. The highest BCUT2D eigenvalue weighted by molar-refractivity contribution is 5.79. The zero-order valence-electron chi connectivity index (χ0n) is 9.66. The smallest absolute Gasteiger partial charge is 0.224 e. The summed E-state index contributed by atoms with van der Waals surface area (Å²) in [5, 5.41) is 3.02. The molecule has 88 valence electrons. The highest BCUT2D eigenvalue weighted by atomic mass is 16.5. The molecule has 0 aliphatic carbocycles. The van der Waals surface area contributed by atoms with Gasteiger partial charge >= 0.3 is 0 Å². The van der Waals surface area contributed by atoms with Crippen LogP contribution in [0.4, 0.5) is 0 Å². The minimum Gasteiger partial charge on any atom is -0.381 e. The summed E-state index contributed by atoms with van der Waals surface area (Å²) in [7, 11) is 0. The summed E-state index contributed by atoms with van der Waals surface area (Å²) in [5.74, 6) is 0.499. The molecule has 1 saturated heterocycles. The third-order valence-corrected chi connectivity index (χ3v) is 3.19. The number of rotatable bonds is 5. The van der Waals surface area contributed by atoms with Gasteiger partial charge in [0.15, 0.2) is 0 Å². The average Bonchev–Trinajstić information content (AvgIpc) is 2.72. The minimum absolute atomic E-state index is 0.0465. The highest BCUT2D eigenvalue weighted by Crippen LogP contribution is 2.16. The van der Waals surface area contributed by atoms with Crippen molar-refractivity contribution in [2.45, 2.75) is 32.7 Å². The van der Waals surface area contributed by atoms with Crippen molar-refractivity contribution in [2.75, 3.05) is 19.8 Å². The number of nitrogens with one attached hydrogen (secondary N) is 1. The quantitative estimate of drug-likeness (QED) is 0.701. The van der Waals surface area contributed by atoms with E-state index in [0.717, 1.165) is 26.1 Å². The molecule has 0 aromatic heterocycles. The molecule has 4 nitrogen and oxygen atoms in total. The first kappa shape index (κ1) is 12.5. The van der Waals surface area contributed by atoms with E-state index < -0.39 is 0 Å². The summed E-state index contributed by atoms with van der Waals surface area (Å²) in [6.07, 6.45) is 1.84. The summed E-state index contributed by atoms with van der Waals surface area (Å²) in [4.78, 5) is 11.7. The van der Waals surface area contributed by atoms with Crippen molar-refractivity contribution in [1.29, 1.82) is 0 Å². The lowest BCUT2D eigenvalue weighted by molar-refractivity contribution is -0.125. The van der Waals surface area contributed by atoms with E-state index in [0.29, 0.717) is 12.5 Å². The normalized spacial score (nSPS) is 24.9. The molecule has 3 atom stereocenters. The molecule has 1 rings (SSSR count). The standard InChI is InChI=1S/C11H22N2O2/c1-3-9(6-12)11(14)13-8(2)10-4-5-15-7-10/h8-10H,3-7,12H2,1-2H3,(H,13,14). The van der Waals surface area contributed by atoms with Crippen LogP contribution in [0.3, 0.4) is 0 Å². The number of nitrogens with two attached hydrogens (primary N) is 1. The molecule has 0 aromatic carbocycles. The van der Waals surface area contributed by atoms with Gasteiger partial charge in [-0.15, -0.1) is 0 Å². The molecular weight excluding hydrogens is 192 g/mol. The zero-order valence-corrected chi connectivity index (χ0v) is 9.66. The fourth-order valence-electron chi connectivity index (χ4n) is 1.87. The fourth-order valence-corrected chi connectivity index (χ4v) is 1.87. The van der Waals surface area contributed by atoms with Crippen LogP contribution in [-0.4, -0.2) is 31.7 Å². The minimum atomic E-state index is -0.0465. The average molecular weight is 214 g/mol. The van der Waals surface area contributed by atoms with Crippen molar-refractivity contribution < 1.29 is 9.53 Å². The van der Waals surface area contributed by atoms with Gasteiger partial charge in [0.1, 0.15) is 0 Å². The molecule has 1 amide bonds. The van der Waals surface area contributed by atoms with Gasteiger partial charge in [0.2, 0.25) is 5.91 Å². The number of amides is 1. The Morgan fingerprint density at radius 2 is 2.40 bits per heavy atom. The number of ether oxygens (including phenoxy) is 1. The summed E-state index contributed by atoms with van der Waals surface area (Å²) in [6, 6.07) is 0.195. The van der Waals surface area contributed by atoms with Gasteiger partial charge < -0.3 is 15.8 Å². The Kier molecular flexibility index (Phi) is 5.05. The van der Waals surface area contributed by atoms with Crippen LogP contribution in [0, 0.1) is 11.8 Å². The number of hydrogen-bond acceptors (Lipinski definition) is 3. The Hall–Kier alpha value is -0.610. The van der Waals surface area contributed by atoms with E-state index in [1.54, 1.807) is 0 Å². The van der Waals surface area contributed by atoms with E-state index in [2.05, 4.69) is 5.32 Å². The van der Waals surface area contributed by atoms with Crippen molar-refractivity contribution in [3.63, 3.8) is 0 Å². The van der Waals surface area contributed by atoms with Gasteiger partial charge in [-0.1, -0.05) is 6.92 Å². The van der Waals surface area contributed by atoms with Gasteiger partial charge in [-0.05, 0) is 19.8 Å². The molecule has 1 heterocycles. The van der Waals surface area contributed by atoms with Crippen LogP contribution in [0.2, 0.25) is 0 Å². The molecule has 1 aliphatic heterocycles. The molecule has 4 heteroatoms. The molecule has 3 N–H and O–H groups in total. The maximum atomic E-state index is 11.7. The molecule has 0 aromatic rings. The SMILES string of the molecule is CCC(CN)C(=O)NC(C)C1CCOC1. The molecule has 0 saturated carbocycles. The predicted octanol–water partition coefficient (Wildman–Crippen LogP) is 0.513. The van der Waals surface area contributed by atoms with E-state index >= 15 is 0 Å². The highest BCUT2D eigenvalue weighted by Gasteiger charge is 2.25. The second-order valence-electron chi connectivity index (χ2n) is 4.26. The van der Waals surface area contributed by atoms with E-state index in [-0.39, 0.29) is 17.9 Å². The Bertz CT molecular complexity index is 199. The van der Waals surface area contributed by atoms with Gasteiger partial charge in [-0.2, -0.15) is 0 Å². The van der Waals surface area contributed by atoms with Crippen molar-refractivity contribution in [2.24, 2.45) is 17.6 Å². The molecule has 3 unspecified atom stereocenters. The Morgan fingerprint density at radius 1 is 1.67 bits per heavy atom. The van der Waals surface area contributed by atoms with Crippen molar-refractivity contribution in [3.05, 3.63) is 0 Å². The lowest BCUT2D eigenvalue weighted by atomic mass is 9.99. The Labute approximate surface area is 91.5 Å². The third kappa shape index (κ3) is 3.47. The van der Waals surface area contributed by atoms with Gasteiger partial charge in [0.05, 0.1) is 6.61 Å². The molecular formula is C11H22N2O2. The Balaban J connectivity index is 2.35. The summed E-state index contributed by atoms with van der Waals surface area (Å²) < 4.78 is 5.30. The largest absolute Gasteiger partial charge is 0.381 e. The second kappa shape index (κ2) is 6.08. The Morgan fingerprint density at radius 3 is 2.87 bits per heavy atom. The van der Waals surface area contributed by atoms with Gasteiger partial charge in [-0.25, -0.2) is 0 Å². The maximum absolute atomic E-state index is 11.7. The van der Waals surface area contributed by atoms with Crippen LogP contribution < -0.4 is 11.1 Å².